The molecule has 0 bridgehead atoms. The second-order valence-electron chi connectivity index (χ2n) is 4.13. The van der Waals surface area contributed by atoms with Crippen LogP contribution in [0.1, 0.15) is 19.3 Å². The molecule has 1 aromatic carbocycles. The number of unbranched alkanes of at least 4 members (excludes halogenated alkanes) is 1. The molecule has 6 nitrogen and oxygen atoms in total. The Kier molecular flexibility index (Phi) is 5.73. The molecule has 0 aliphatic heterocycles. The van der Waals surface area contributed by atoms with Gasteiger partial charge < -0.3 is 11.5 Å². The first-order chi connectivity index (χ1) is 9.24. The van der Waals surface area contributed by atoms with Gasteiger partial charge in [-0.1, -0.05) is 11.6 Å². The molecule has 0 heterocycles. The fourth-order valence-corrected chi connectivity index (χ4v) is 2.98. The first kappa shape index (κ1) is 16.7. The molecular formula is C11H15ClFN3O3S. The molecule has 0 fully saturated rings. The van der Waals surface area contributed by atoms with Gasteiger partial charge in [0, 0.05) is 18.0 Å². The number of nitrogens with one attached hydrogen (secondary N) is 1. The molecule has 0 aliphatic carbocycles. The van der Waals surface area contributed by atoms with E-state index < -0.39 is 26.6 Å². The van der Waals surface area contributed by atoms with E-state index in [2.05, 4.69) is 4.72 Å². The number of hydrogen-bond acceptors (Lipinski definition) is 4. The van der Waals surface area contributed by atoms with Crippen molar-refractivity contribution >= 4 is 33.2 Å². The Labute approximate surface area is 121 Å². The SMILES string of the molecule is NC(=O)CCCCNS(=O)(=O)c1cc(Cl)cc(N)c1F. The molecular weight excluding hydrogens is 309 g/mol. The number of rotatable bonds is 7. The van der Waals surface area contributed by atoms with Gasteiger partial charge in [0.15, 0.2) is 5.82 Å². The minimum Gasteiger partial charge on any atom is -0.396 e. The van der Waals surface area contributed by atoms with Crippen LogP contribution in [0.25, 0.3) is 0 Å². The largest absolute Gasteiger partial charge is 0.396 e. The van der Waals surface area contributed by atoms with E-state index in [0.717, 1.165) is 12.1 Å². The maximum absolute atomic E-state index is 13.7. The van der Waals surface area contributed by atoms with Crippen LogP contribution in [0.15, 0.2) is 17.0 Å². The van der Waals surface area contributed by atoms with E-state index >= 15 is 0 Å². The minimum atomic E-state index is -4.04. The van der Waals surface area contributed by atoms with Crippen molar-refractivity contribution in [2.45, 2.75) is 24.2 Å². The normalized spacial score (nSPS) is 11.5. The van der Waals surface area contributed by atoms with Gasteiger partial charge in [0.05, 0.1) is 5.69 Å². The molecule has 9 heteroatoms. The van der Waals surface area contributed by atoms with Crippen LogP contribution in [0.2, 0.25) is 5.02 Å². The number of sulfonamides is 1. The van der Waals surface area contributed by atoms with Gasteiger partial charge in [-0.25, -0.2) is 17.5 Å². The number of carbonyl (C=O) groups is 1. The van der Waals surface area contributed by atoms with Crippen molar-refractivity contribution in [3.05, 3.63) is 23.0 Å². The number of nitrogens with two attached hydrogens (primary N) is 2. The predicted molar refractivity (Wildman–Crippen MR) is 74.1 cm³/mol. The van der Waals surface area contributed by atoms with Crippen LogP contribution in [0, 0.1) is 5.82 Å². The highest BCUT2D eigenvalue weighted by Gasteiger charge is 2.21. The van der Waals surface area contributed by atoms with Gasteiger partial charge in [-0.15, -0.1) is 0 Å². The quantitative estimate of drug-likeness (QED) is 0.512. The van der Waals surface area contributed by atoms with Gasteiger partial charge >= 0.3 is 0 Å². The Morgan fingerprint density at radius 1 is 1.35 bits per heavy atom. The first-order valence-electron chi connectivity index (χ1n) is 5.76. The maximum atomic E-state index is 13.7. The summed E-state index contributed by atoms with van der Waals surface area (Å²) in [5.41, 5.74) is 9.93. The third-order valence-corrected chi connectivity index (χ3v) is 4.14. The number of carbonyl (C=O) groups excluding carboxylic acids is 1. The molecule has 0 atom stereocenters. The molecule has 0 saturated heterocycles. The lowest BCUT2D eigenvalue weighted by atomic mass is 10.2. The second-order valence-corrected chi connectivity index (χ2v) is 6.30. The van der Waals surface area contributed by atoms with Crippen molar-refractivity contribution in [2.24, 2.45) is 5.73 Å². The van der Waals surface area contributed by atoms with Crippen molar-refractivity contribution in [2.75, 3.05) is 12.3 Å². The average Bonchev–Trinajstić information content (AvgIpc) is 2.32. The number of benzene rings is 1. The summed E-state index contributed by atoms with van der Waals surface area (Å²) >= 11 is 5.66. The van der Waals surface area contributed by atoms with Crippen molar-refractivity contribution < 1.29 is 17.6 Å². The Morgan fingerprint density at radius 3 is 2.60 bits per heavy atom. The van der Waals surface area contributed by atoms with Crippen molar-refractivity contribution in [1.29, 1.82) is 0 Å². The van der Waals surface area contributed by atoms with Crippen LogP contribution < -0.4 is 16.2 Å². The summed E-state index contributed by atoms with van der Waals surface area (Å²) in [4.78, 5) is 9.91. The summed E-state index contributed by atoms with van der Waals surface area (Å²) in [7, 11) is -4.04. The number of hydrogen-bond donors (Lipinski definition) is 3. The lowest BCUT2D eigenvalue weighted by Crippen LogP contribution is -2.26. The van der Waals surface area contributed by atoms with E-state index in [-0.39, 0.29) is 23.7 Å². The number of primary amides is 1. The van der Waals surface area contributed by atoms with Crippen LogP contribution in [-0.4, -0.2) is 20.9 Å². The molecule has 20 heavy (non-hydrogen) atoms. The van der Waals surface area contributed by atoms with E-state index in [4.69, 9.17) is 23.1 Å². The standard InChI is InChI=1S/C11H15ClFN3O3S/c12-7-5-8(14)11(13)9(6-7)20(18,19)16-4-2-1-3-10(15)17/h5-6,16H,1-4,14H2,(H2,15,17). The van der Waals surface area contributed by atoms with Crippen molar-refractivity contribution in [3.63, 3.8) is 0 Å². The van der Waals surface area contributed by atoms with E-state index in [1.807, 2.05) is 0 Å². The minimum absolute atomic E-state index is 0.0259. The monoisotopic (exact) mass is 323 g/mol. The molecule has 0 radical (unpaired) electrons. The van der Waals surface area contributed by atoms with Crippen LogP contribution in [0.5, 0.6) is 0 Å². The summed E-state index contributed by atoms with van der Waals surface area (Å²) in [6, 6.07) is 2.11. The van der Waals surface area contributed by atoms with Gasteiger partial charge in [-0.05, 0) is 25.0 Å². The average molecular weight is 324 g/mol. The lowest BCUT2D eigenvalue weighted by Gasteiger charge is -2.09. The predicted octanol–water partition coefficient (Wildman–Crippen LogP) is 0.995. The number of halogens is 2. The van der Waals surface area contributed by atoms with Gasteiger partial charge in [0.2, 0.25) is 15.9 Å². The molecule has 112 valence electrons. The summed E-state index contributed by atoms with van der Waals surface area (Å²) in [6.07, 6.45) is 1.01. The summed E-state index contributed by atoms with van der Waals surface area (Å²) < 4.78 is 39.7. The van der Waals surface area contributed by atoms with Crippen LogP contribution in [0.4, 0.5) is 10.1 Å². The van der Waals surface area contributed by atoms with Crippen molar-refractivity contribution in [1.82, 2.24) is 4.72 Å². The van der Waals surface area contributed by atoms with Crippen LogP contribution >= 0.6 is 11.6 Å². The van der Waals surface area contributed by atoms with Crippen LogP contribution in [-0.2, 0) is 14.8 Å². The first-order valence-corrected chi connectivity index (χ1v) is 7.62. The number of nitrogen functional groups attached to an aromatic ring is 1. The molecule has 1 rings (SSSR count). The highest BCUT2D eigenvalue weighted by Crippen LogP contribution is 2.25. The van der Waals surface area contributed by atoms with E-state index in [9.17, 15) is 17.6 Å². The maximum Gasteiger partial charge on any atom is 0.243 e. The summed E-state index contributed by atoms with van der Waals surface area (Å²) in [5, 5.41) is 0.0259. The smallest absolute Gasteiger partial charge is 0.243 e. The highest BCUT2D eigenvalue weighted by molar-refractivity contribution is 7.89. The fourth-order valence-electron chi connectivity index (χ4n) is 1.49. The third-order valence-electron chi connectivity index (χ3n) is 2.46. The Balaban J connectivity index is 2.72. The zero-order chi connectivity index (χ0) is 15.3. The van der Waals surface area contributed by atoms with Gasteiger partial charge in [-0.3, -0.25) is 4.79 Å². The molecule has 0 aromatic heterocycles. The molecule has 1 amide bonds. The van der Waals surface area contributed by atoms with E-state index in [0.29, 0.717) is 12.8 Å². The fraction of sp³-hybridized carbons (Fsp3) is 0.364. The van der Waals surface area contributed by atoms with Gasteiger partial charge in [0.1, 0.15) is 4.90 Å². The molecule has 5 N–H and O–H groups in total. The molecule has 0 spiro atoms. The van der Waals surface area contributed by atoms with E-state index in [1.165, 1.54) is 0 Å². The number of amides is 1. The molecule has 0 aliphatic rings. The highest BCUT2D eigenvalue weighted by atomic mass is 35.5. The second kappa shape index (κ2) is 6.87. The van der Waals surface area contributed by atoms with Gasteiger partial charge in [0.25, 0.3) is 0 Å². The molecule has 0 unspecified atom stereocenters. The number of anilines is 1. The Hall–Kier alpha value is -1.38. The lowest BCUT2D eigenvalue weighted by molar-refractivity contribution is -0.118. The van der Waals surface area contributed by atoms with Gasteiger partial charge in [-0.2, -0.15) is 0 Å². The third kappa shape index (κ3) is 4.62. The van der Waals surface area contributed by atoms with Crippen molar-refractivity contribution in [3.8, 4) is 0 Å². The zero-order valence-corrected chi connectivity index (χ0v) is 12.1. The molecule has 1 aromatic rings. The summed E-state index contributed by atoms with van der Waals surface area (Å²) in [6.45, 7) is 0.0570. The zero-order valence-electron chi connectivity index (χ0n) is 10.5. The van der Waals surface area contributed by atoms with Crippen LogP contribution in [0.3, 0.4) is 0 Å². The summed E-state index contributed by atoms with van der Waals surface area (Å²) in [5.74, 6) is -1.50. The molecule has 0 saturated carbocycles. The van der Waals surface area contributed by atoms with E-state index in [1.54, 1.807) is 0 Å². The Bertz CT molecular complexity index is 607. The topological polar surface area (TPSA) is 115 Å². The Morgan fingerprint density at radius 2 is 2.00 bits per heavy atom.